The summed E-state index contributed by atoms with van der Waals surface area (Å²) >= 11 is 0. The van der Waals surface area contributed by atoms with Gasteiger partial charge in [0.2, 0.25) is 0 Å². The first kappa shape index (κ1) is 11.5. The summed E-state index contributed by atoms with van der Waals surface area (Å²) in [6.07, 6.45) is 1.91. The van der Waals surface area contributed by atoms with Crippen molar-refractivity contribution in [2.45, 2.75) is 6.10 Å². The minimum absolute atomic E-state index is 0.205. The van der Waals surface area contributed by atoms with Gasteiger partial charge in [-0.1, -0.05) is 0 Å². The van der Waals surface area contributed by atoms with Gasteiger partial charge in [-0.05, 0) is 24.3 Å². The summed E-state index contributed by atoms with van der Waals surface area (Å²) < 4.78 is 18.2. The third kappa shape index (κ3) is 2.39. The lowest BCUT2D eigenvalue weighted by Crippen LogP contribution is -2.06. The highest BCUT2D eigenvalue weighted by Crippen LogP contribution is 2.28. The Morgan fingerprint density at radius 1 is 1.29 bits per heavy atom. The Kier molecular flexibility index (Phi) is 3.30. The van der Waals surface area contributed by atoms with Gasteiger partial charge in [0.25, 0.3) is 0 Å². The molecule has 0 bridgehead atoms. The Balaban J connectivity index is 2.43. The van der Waals surface area contributed by atoms with Crippen molar-refractivity contribution in [3.05, 3.63) is 53.9 Å². The van der Waals surface area contributed by atoms with Gasteiger partial charge in [0.15, 0.2) is 5.82 Å². The zero-order chi connectivity index (χ0) is 12.3. The van der Waals surface area contributed by atoms with Gasteiger partial charge < -0.3 is 9.84 Å². The number of aromatic nitrogens is 2. The number of aliphatic hydroxyl groups excluding tert-OH is 1. The van der Waals surface area contributed by atoms with E-state index in [9.17, 15) is 9.50 Å². The fourth-order valence-corrected chi connectivity index (χ4v) is 1.51. The molecule has 2 rings (SSSR count). The normalized spacial score (nSPS) is 12.2. The van der Waals surface area contributed by atoms with Crippen molar-refractivity contribution in [1.82, 2.24) is 9.97 Å². The molecule has 0 saturated heterocycles. The summed E-state index contributed by atoms with van der Waals surface area (Å²) in [5.41, 5.74) is 0.304. The number of nitrogens with zero attached hydrogens (tertiary/aromatic N) is 2. The lowest BCUT2D eigenvalue weighted by molar-refractivity contribution is 0.204. The quantitative estimate of drug-likeness (QED) is 0.878. The van der Waals surface area contributed by atoms with Crippen LogP contribution in [0.4, 0.5) is 4.39 Å². The first-order chi connectivity index (χ1) is 8.22. The molecule has 4 nitrogen and oxygen atoms in total. The van der Waals surface area contributed by atoms with Gasteiger partial charge in [0.05, 0.1) is 7.11 Å². The molecule has 0 aliphatic heterocycles. The smallest absolute Gasteiger partial charge is 0.161 e. The van der Waals surface area contributed by atoms with Gasteiger partial charge in [-0.3, -0.25) is 0 Å². The van der Waals surface area contributed by atoms with E-state index in [0.717, 1.165) is 0 Å². The topological polar surface area (TPSA) is 55.2 Å². The van der Waals surface area contributed by atoms with Crippen molar-refractivity contribution >= 4 is 0 Å². The van der Waals surface area contributed by atoms with E-state index in [-0.39, 0.29) is 5.82 Å². The van der Waals surface area contributed by atoms with Crippen LogP contribution in [0.1, 0.15) is 17.5 Å². The number of ether oxygens (including phenoxy) is 1. The molecule has 0 radical (unpaired) electrons. The van der Waals surface area contributed by atoms with Crippen molar-refractivity contribution in [3.8, 4) is 5.75 Å². The second kappa shape index (κ2) is 4.88. The van der Waals surface area contributed by atoms with Gasteiger partial charge in [-0.15, -0.1) is 0 Å². The standard InChI is InChI=1S/C12H11FN2O2/c1-17-10-4-3-8(13)7-9(10)11(16)12-14-5-2-6-15-12/h2-7,11,16H,1H3. The molecular weight excluding hydrogens is 223 g/mol. The molecule has 1 aromatic heterocycles. The second-order valence-electron chi connectivity index (χ2n) is 3.40. The average Bonchev–Trinajstić information content (AvgIpc) is 2.39. The first-order valence-corrected chi connectivity index (χ1v) is 5.01. The van der Waals surface area contributed by atoms with E-state index >= 15 is 0 Å². The molecule has 17 heavy (non-hydrogen) atoms. The molecule has 0 saturated carbocycles. The SMILES string of the molecule is COc1ccc(F)cc1C(O)c1ncccn1. The van der Waals surface area contributed by atoms with Crippen LogP contribution in [0.5, 0.6) is 5.75 Å². The number of hydrogen-bond acceptors (Lipinski definition) is 4. The molecule has 1 unspecified atom stereocenters. The van der Waals surface area contributed by atoms with E-state index in [1.165, 1.54) is 37.7 Å². The number of halogens is 1. The number of benzene rings is 1. The van der Waals surface area contributed by atoms with Gasteiger partial charge in [0.1, 0.15) is 17.7 Å². The van der Waals surface area contributed by atoms with E-state index in [4.69, 9.17) is 4.74 Å². The minimum Gasteiger partial charge on any atom is -0.496 e. The number of aliphatic hydroxyl groups is 1. The maximum absolute atomic E-state index is 13.2. The zero-order valence-corrected chi connectivity index (χ0v) is 9.17. The molecule has 88 valence electrons. The summed E-state index contributed by atoms with van der Waals surface area (Å²) in [6, 6.07) is 5.57. The monoisotopic (exact) mass is 234 g/mol. The molecule has 2 aromatic rings. The van der Waals surface area contributed by atoms with E-state index in [1.807, 2.05) is 0 Å². The fraction of sp³-hybridized carbons (Fsp3) is 0.167. The van der Waals surface area contributed by atoms with E-state index in [2.05, 4.69) is 9.97 Å². The van der Waals surface area contributed by atoms with Crippen LogP contribution in [-0.2, 0) is 0 Å². The minimum atomic E-state index is -1.11. The number of rotatable bonds is 3. The lowest BCUT2D eigenvalue weighted by atomic mass is 10.1. The highest BCUT2D eigenvalue weighted by molar-refractivity contribution is 5.38. The molecule has 1 N–H and O–H groups in total. The third-order valence-electron chi connectivity index (χ3n) is 2.32. The Morgan fingerprint density at radius 2 is 2.00 bits per heavy atom. The molecule has 0 amide bonds. The van der Waals surface area contributed by atoms with Crippen molar-refractivity contribution in [1.29, 1.82) is 0 Å². The Labute approximate surface area is 97.7 Å². The van der Waals surface area contributed by atoms with Crippen molar-refractivity contribution in [2.24, 2.45) is 0 Å². The van der Waals surface area contributed by atoms with Crippen LogP contribution in [-0.4, -0.2) is 22.2 Å². The molecule has 0 fully saturated rings. The second-order valence-corrected chi connectivity index (χ2v) is 3.40. The number of hydrogen-bond donors (Lipinski definition) is 1. The average molecular weight is 234 g/mol. The molecule has 0 aliphatic carbocycles. The molecular formula is C12H11FN2O2. The third-order valence-corrected chi connectivity index (χ3v) is 2.32. The predicted octanol–water partition coefficient (Wildman–Crippen LogP) is 1.71. The van der Waals surface area contributed by atoms with E-state index in [1.54, 1.807) is 6.07 Å². The van der Waals surface area contributed by atoms with Crippen LogP contribution in [0.25, 0.3) is 0 Å². The molecule has 1 atom stereocenters. The molecule has 1 heterocycles. The Hall–Kier alpha value is -2.01. The molecule has 1 aromatic carbocycles. The molecule has 5 heteroatoms. The van der Waals surface area contributed by atoms with E-state index < -0.39 is 11.9 Å². The van der Waals surface area contributed by atoms with Crippen LogP contribution in [0, 0.1) is 5.82 Å². The van der Waals surface area contributed by atoms with Crippen LogP contribution in [0.2, 0.25) is 0 Å². The maximum atomic E-state index is 13.2. The zero-order valence-electron chi connectivity index (χ0n) is 9.17. The maximum Gasteiger partial charge on any atom is 0.161 e. The van der Waals surface area contributed by atoms with Gasteiger partial charge >= 0.3 is 0 Å². The summed E-state index contributed by atoms with van der Waals surface area (Å²) in [4.78, 5) is 7.84. The van der Waals surface area contributed by atoms with Crippen molar-refractivity contribution < 1.29 is 14.2 Å². The predicted molar refractivity (Wildman–Crippen MR) is 59.0 cm³/mol. The first-order valence-electron chi connectivity index (χ1n) is 5.01. The van der Waals surface area contributed by atoms with Crippen LogP contribution in [0.15, 0.2) is 36.7 Å². The number of methoxy groups -OCH3 is 1. The van der Waals surface area contributed by atoms with Crippen molar-refractivity contribution in [3.63, 3.8) is 0 Å². The van der Waals surface area contributed by atoms with Gasteiger partial charge in [-0.2, -0.15) is 0 Å². The molecule has 0 aliphatic rings. The van der Waals surface area contributed by atoms with Gasteiger partial charge in [-0.25, -0.2) is 14.4 Å². The lowest BCUT2D eigenvalue weighted by Gasteiger charge is -2.13. The van der Waals surface area contributed by atoms with Crippen molar-refractivity contribution in [2.75, 3.05) is 7.11 Å². The summed E-state index contributed by atoms with van der Waals surface area (Å²) in [5, 5.41) is 10.1. The largest absolute Gasteiger partial charge is 0.496 e. The van der Waals surface area contributed by atoms with Crippen LogP contribution in [0.3, 0.4) is 0 Å². The van der Waals surface area contributed by atoms with Crippen LogP contribution < -0.4 is 4.74 Å². The van der Waals surface area contributed by atoms with Gasteiger partial charge in [0, 0.05) is 18.0 Å². The fourth-order valence-electron chi connectivity index (χ4n) is 1.51. The van der Waals surface area contributed by atoms with E-state index in [0.29, 0.717) is 11.3 Å². The summed E-state index contributed by atoms with van der Waals surface area (Å²) in [7, 11) is 1.45. The van der Waals surface area contributed by atoms with Crippen LogP contribution >= 0.6 is 0 Å². The molecule has 0 spiro atoms. The Bertz CT molecular complexity index is 505. The Morgan fingerprint density at radius 3 is 2.65 bits per heavy atom. The highest BCUT2D eigenvalue weighted by Gasteiger charge is 2.18. The summed E-state index contributed by atoms with van der Waals surface area (Å²) in [6.45, 7) is 0. The highest BCUT2D eigenvalue weighted by atomic mass is 19.1. The summed E-state index contributed by atoms with van der Waals surface area (Å²) in [5.74, 6) is 0.151.